The van der Waals surface area contributed by atoms with Gasteiger partial charge >= 0.3 is 10.2 Å². The maximum absolute atomic E-state index is 15.8. The third-order valence-corrected chi connectivity index (χ3v) is 16.1. The number of hydrogen-bond donors (Lipinski definition) is 3. The van der Waals surface area contributed by atoms with Gasteiger partial charge in [-0.05, 0) is 78.8 Å². The Labute approximate surface area is 384 Å². The predicted octanol–water partition coefficient (Wildman–Crippen LogP) is 4.94. The fourth-order valence-corrected chi connectivity index (χ4v) is 12.0. The number of aromatic nitrogens is 2. The number of halogens is 3. The second-order valence-electron chi connectivity index (χ2n) is 18.7. The molecule has 0 radical (unpaired) electrons. The van der Waals surface area contributed by atoms with Crippen LogP contribution >= 0.6 is 0 Å². The van der Waals surface area contributed by atoms with Crippen molar-refractivity contribution in [2.75, 3.05) is 68.5 Å². The fourth-order valence-electron chi connectivity index (χ4n) is 10.7. The van der Waals surface area contributed by atoms with E-state index in [1.807, 2.05) is 29.0 Å². The molecule has 3 N–H and O–H groups in total. The molecule has 2 aromatic heterocycles. The standard InChI is InChI=1S/C48H48F3N9O6S/c49-33-11-14-59(27-33)67(65,66)55-39-8-7-38(50)42(43(39)51)44(62)37-22-53-45-36(37)20-30(21-52-45)29-1-3-32(4-2-29)48(12-13-48)58-17-15-56(16-18-58)23-28-24-57(25-28)34-5-6-35-31(19-34)26-60(47(35)64)40-9-10-41(61)54-46(40)63/h1-8,19-22,28,33,40,55H,9-18,23-27H2,(H,52,53)(H,54,61,63)/t33-,40?/m1/s1. The SMILES string of the molecule is O=C1CCC(N2Cc3cc(N4CC(CN5CCN(C6(c7ccc(-c8cnc9[nH]cc(C(=O)c%10c(F)ccc(NS(=O)(=O)N%11CC[C@@H](F)C%11)c%10F)c9c8)cc7)CC6)CC5)C4)ccc3C2=O)C(=O)N1. The van der Waals surface area contributed by atoms with Crippen LogP contribution in [0.3, 0.4) is 0 Å². The van der Waals surface area contributed by atoms with E-state index in [4.69, 9.17) is 0 Å². The van der Waals surface area contributed by atoms with Gasteiger partial charge in [-0.15, -0.1) is 0 Å². The summed E-state index contributed by atoms with van der Waals surface area (Å²) in [6.45, 7) is 6.64. The van der Waals surface area contributed by atoms with Crippen molar-refractivity contribution in [2.45, 2.75) is 56.4 Å². The minimum atomic E-state index is -4.36. The monoisotopic (exact) mass is 935 g/mol. The summed E-state index contributed by atoms with van der Waals surface area (Å²) in [6.07, 6.45) is 4.35. The summed E-state index contributed by atoms with van der Waals surface area (Å²) in [5, 5.41) is 2.70. The van der Waals surface area contributed by atoms with Gasteiger partial charge in [0.15, 0.2) is 5.82 Å². The van der Waals surface area contributed by atoms with Crippen LogP contribution in [0.25, 0.3) is 22.2 Å². The number of rotatable bonds is 12. The lowest BCUT2D eigenvalue weighted by atomic mass is 9.96. The van der Waals surface area contributed by atoms with Crippen molar-refractivity contribution in [1.82, 2.24) is 34.3 Å². The molecule has 5 fully saturated rings. The summed E-state index contributed by atoms with van der Waals surface area (Å²) in [4.78, 5) is 67.6. The van der Waals surface area contributed by atoms with Gasteiger partial charge in [0.25, 0.3) is 5.91 Å². The first kappa shape index (κ1) is 43.4. The number of piperazine rings is 1. The molecular weight excluding hydrogens is 888 g/mol. The minimum absolute atomic E-state index is 0.00444. The van der Waals surface area contributed by atoms with E-state index >= 15 is 8.78 Å². The van der Waals surface area contributed by atoms with Gasteiger partial charge in [-0.2, -0.15) is 12.7 Å². The number of hydrogen-bond acceptors (Lipinski definition) is 10. The number of piperidine rings is 1. The van der Waals surface area contributed by atoms with Gasteiger partial charge < -0.3 is 19.7 Å². The van der Waals surface area contributed by atoms with Gasteiger partial charge in [0, 0.05) is 123 Å². The second kappa shape index (κ2) is 16.6. The number of nitrogens with one attached hydrogen (secondary N) is 3. The maximum Gasteiger partial charge on any atom is 0.301 e. The fraction of sp³-hybridized carbons (Fsp3) is 0.396. The number of nitrogens with zero attached hydrogens (tertiary/aromatic N) is 6. The Morgan fingerprint density at radius 1 is 0.896 bits per heavy atom. The van der Waals surface area contributed by atoms with E-state index in [-0.39, 0.29) is 48.8 Å². The first-order valence-corrected chi connectivity index (χ1v) is 24.2. The zero-order chi connectivity index (χ0) is 46.4. The van der Waals surface area contributed by atoms with Gasteiger partial charge in [-0.3, -0.25) is 34.1 Å². The molecule has 348 valence electrons. The molecule has 15 nitrogen and oxygen atoms in total. The van der Waals surface area contributed by atoms with Gasteiger partial charge in [-0.1, -0.05) is 24.3 Å². The van der Waals surface area contributed by atoms with E-state index in [9.17, 15) is 32.0 Å². The van der Waals surface area contributed by atoms with Crippen molar-refractivity contribution >= 4 is 56.1 Å². The molecule has 4 saturated heterocycles. The van der Waals surface area contributed by atoms with Crippen molar-refractivity contribution < 1.29 is 40.8 Å². The third kappa shape index (κ3) is 7.84. The second-order valence-corrected chi connectivity index (χ2v) is 20.4. The molecule has 1 aliphatic carbocycles. The molecule has 67 heavy (non-hydrogen) atoms. The highest BCUT2D eigenvalue weighted by molar-refractivity contribution is 7.90. The summed E-state index contributed by atoms with van der Waals surface area (Å²) >= 11 is 0. The third-order valence-electron chi connectivity index (χ3n) is 14.6. The zero-order valence-corrected chi connectivity index (χ0v) is 37.3. The van der Waals surface area contributed by atoms with E-state index in [0.29, 0.717) is 41.0 Å². The Morgan fingerprint density at radius 2 is 1.67 bits per heavy atom. The summed E-state index contributed by atoms with van der Waals surface area (Å²) in [7, 11) is -4.36. The molecule has 3 amide bonds. The number of carbonyl (C=O) groups is 4. The van der Waals surface area contributed by atoms with Crippen LogP contribution in [0, 0.1) is 17.6 Å². The Bertz CT molecular complexity index is 2970. The maximum atomic E-state index is 15.8. The van der Waals surface area contributed by atoms with Gasteiger partial charge in [0.1, 0.15) is 23.7 Å². The molecule has 1 saturated carbocycles. The first-order valence-electron chi connectivity index (χ1n) is 22.8. The molecule has 7 heterocycles. The normalized spacial score (nSPS) is 22.6. The highest BCUT2D eigenvalue weighted by atomic mass is 32.2. The van der Waals surface area contributed by atoms with Crippen LogP contribution in [-0.4, -0.2) is 132 Å². The molecule has 19 heteroatoms. The molecule has 0 bridgehead atoms. The number of imide groups is 1. The highest BCUT2D eigenvalue weighted by Crippen LogP contribution is 2.51. The summed E-state index contributed by atoms with van der Waals surface area (Å²) < 4.78 is 73.3. The van der Waals surface area contributed by atoms with Crippen molar-refractivity contribution in [3.05, 3.63) is 113 Å². The zero-order valence-electron chi connectivity index (χ0n) is 36.4. The van der Waals surface area contributed by atoms with Crippen molar-refractivity contribution in [2.24, 2.45) is 5.92 Å². The lowest BCUT2D eigenvalue weighted by molar-refractivity contribution is -0.136. The van der Waals surface area contributed by atoms with Crippen LogP contribution in [0.4, 0.5) is 24.5 Å². The van der Waals surface area contributed by atoms with Crippen molar-refractivity contribution in [3.8, 4) is 11.1 Å². The number of anilines is 2. The number of H-pyrrole nitrogens is 1. The minimum Gasteiger partial charge on any atom is -0.371 e. The van der Waals surface area contributed by atoms with Crippen LogP contribution in [0.15, 0.2) is 73.1 Å². The smallest absolute Gasteiger partial charge is 0.301 e. The molecule has 5 aromatic rings. The number of aromatic amines is 1. The van der Waals surface area contributed by atoms with E-state index in [2.05, 4.69) is 48.2 Å². The molecule has 2 atom stereocenters. The quantitative estimate of drug-likeness (QED) is 0.115. The Morgan fingerprint density at radius 3 is 2.39 bits per heavy atom. The van der Waals surface area contributed by atoms with E-state index in [0.717, 1.165) is 91.9 Å². The number of pyridine rings is 1. The molecule has 1 unspecified atom stereocenters. The van der Waals surface area contributed by atoms with Crippen LogP contribution < -0.4 is 14.9 Å². The molecule has 3 aromatic carbocycles. The molecule has 11 rings (SSSR count). The Hall–Kier alpha value is -6.15. The lowest BCUT2D eigenvalue weighted by Crippen LogP contribution is -2.56. The Balaban J connectivity index is 0.701. The van der Waals surface area contributed by atoms with Crippen molar-refractivity contribution in [3.63, 3.8) is 0 Å². The summed E-state index contributed by atoms with van der Waals surface area (Å²) in [5.41, 5.74) is 4.11. The number of alkyl halides is 1. The van der Waals surface area contributed by atoms with Crippen LogP contribution in [0.2, 0.25) is 0 Å². The highest BCUT2D eigenvalue weighted by Gasteiger charge is 2.50. The largest absolute Gasteiger partial charge is 0.371 e. The summed E-state index contributed by atoms with van der Waals surface area (Å²) in [6, 6.07) is 17.1. The average Bonchev–Trinajstić information content (AvgIpc) is 3.62. The Kier molecular flexibility index (Phi) is 10.7. The topological polar surface area (TPSA) is 171 Å². The van der Waals surface area contributed by atoms with E-state index < -0.39 is 57.0 Å². The van der Waals surface area contributed by atoms with E-state index in [1.54, 1.807) is 17.2 Å². The molecule has 5 aliphatic heterocycles. The van der Waals surface area contributed by atoms with Gasteiger partial charge in [0.05, 0.1) is 11.3 Å². The molecule has 0 spiro atoms. The first-order chi connectivity index (χ1) is 32.2. The summed E-state index contributed by atoms with van der Waals surface area (Å²) in [5.74, 6) is -3.87. The van der Waals surface area contributed by atoms with Crippen molar-refractivity contribution in [1.29, 1.82) is 0 Å². The number of amides is 3. The number of benzene rings is 3. The van der Waals surface area contributed by atoms with Crippen LogP contribution in [-0.2, 0) is 31.9 Å². The van der Waals surface area contributed by atoms with Gasteiger partial charge in [-0.25, -0.2) is 18.2 Å². The lowest BCUT2D eigenvalue weighted by Gasteiger charge is -2.46. The molecule has 6 aliphatic rings. The number of fused-ring (bicyclic) bond motifs is 2. The average molecular weight is 936 g/mol. The van der Waals surface area contributed by atoms with Crippen LogP contribution in [0.5, 0.6) is 0 Å². The number of carbonyl (C=O) groups excluding carboxylic acids is 4. The predicted molar refractivity (Wildman–Crippen MR) is 242 cm³/mol. The molecular formula is C48H48F3N9O6S. The van der Waals surface area contributed by atoms with E-state index in [1.165, 1.54) is 11.8 Å². The number of ketones is 1. The van der Waals surface area contributed by atoms with Crippen LogP contribution in [0.1, 0.15) is 69.5 Å². The van der Waals surface area contributed by atoms with Gasteiger partial charge in [0.2, 0.25) is 17.6 Å².